The summed E-state index contributed by atoms with van der Waals surface area (Å²) in [7, 11) is 0. The highest BCUT2D eigenvalue weighted by molar-refractivity contribution is 7.15. The van der Waals surface area contributed by atoms with Gasteiger partial charge in [-0.1, -0.05) is 23.5 Å². The Bertz CT molecular complexity index is 829. The minimum Gasteiger partial charge on any atom is -0.358 e. The van der Waals surface area contributed by atoms with E-state index in [-0.39, 0.29) is 11.6 Å². The molecule has 1 aromatic carbocycles. The van der Waals surface area contributed by atoms with Crippen molar-refractivity contribution in [1.82, 2.24) is 9.38 Å². The second-order valence-corrected chi connectivity index (χ2v) is 5.59. The summed E-state index contributed by atoms with van der Waals surface area (Å²) in [6, 6.07) is 6.20. The number of fused-ring (bicyclic) bond motifs is 1. The molecule has 114 valence electrons. The molecule has 0 unspecified atom stereocenters. The van der Waals surface area contributed by atoms with Crippen LogP contribution in [0.25, 0.3) is 4.96 Å². The van der Waals surface area contributed by atoms with E-state index in [1.165, 1.54) is 27.9 Å². The molecule has 6 nitrogen and oxygen atoms in total. The molecule has 0 saturated carbocycles. The fourth-order valence-electron chi connectivity index (χ4n) is 2.34. The molecular weight excluding hydrogens is 307 g/mol. The molecule has 0 aliphatic heterocycles. The van der Waals surface area contributed by atoms with Crippen molar-refractivity contribution < 1.29 is 9.31 Å². The molecule has 3 aromatic rings. The largest absolute Gasteiger partial charge is 0.373 e. The van der Waals surface area contributed by atoms with Crippen molar-refractivity contribution in [3.63, 3.8) is 0 Å². The van der Waals surface area contributed by atoms with Gasteiger partial charge in [0, 0.05) is 18.5 Å². The van der Waals surface area contributed by atoms with Crippen molar-refractivity contribution in [2.45, 2.75) is 13.5 Å². The second-order valence-electron chi connectivity index (χ2n) is 4.72. The summed E-state index contributed by atoms with van der Waals surface area (Å²) in [5.74, 6) is -0.0769. The molecule has 2 heterocycles. The standard InChI is InChI=1S/C14H13FN4O2S/c1-2-17(9-10-4-3-5-11(15)8-10)12-13(19(20)21)18-6-7-22-14(18)16-12/h3-8H,2,9H2,1H3. The number of halogens is 1. The first kappa shape index (κ1) is 14.5. The highest BCUT2D eigenvalue weighted by Crippen LogP contribution is 2.31. The Balaban J connectivity index is 2.01. The number of nitro groups is 1. The number of hydrogen-bond donors (Lipinski definition) is 0. The first-order valence-corrected chi connectivity index (χ1v) is 7.57. The lowest BCUT2D eigenvalue weighted by molar-refractivity contribution is -0.389. The van der Waals surface area contributed by atoms with E-state index in [4.69, 9.17) is 0 Å². The number of aromatic nitrogens is 2. The normalized spacial score (nSPS) is 11.0. The molecule has 0 atom stereocenters. The van der Waals surface area contributed by atoms with Gasteiger partial charge in [-0.05, 0) is 29.5 Å². The summed E-state index contributed by atoms with van der Waals surface area (Å²) in [5.41, 5.74) is 0.743. The summed E-state index contributed by atoms with van der Waals surface area (Å²) in [5, 5.41) is 13.1. The van der Waals surface area contributed by atoms with E-state index in [0.29, 0.717) is 23.9 Å². The summed E-state index contributed by atoms with van der Waals surface area (Å²) < 4.78 is 14.8. The van der Waals surface area contributed by atoms with E-state index in [1.54, 1.807) is 28.6 Å². The molecule has 0 fully saturated rings. The third-order valence-corrected chi connectivity index (χ3v) is 4.09. The van der Waals surface area contributed by atoms with Gasteiger partial charge in [0.15, 0.2) is 0 Å². The van der Waals surface area contributed by atoms with Crippen molar-refractivity contribution in [3.8, 4) is 0 Å². The van der Waals surface area contributed by atoms with Crippen LogP contribution >= 0.6 is 11.3 Å². The number of imidazole rings is 1. The zero-order valence-corrected chi connectivity index (χ0v) is 12.6. The Morgan fingerprint density at radius 3 is 3.00 bits per heavy atom. The Morgan fingerprint density at radius 1 is 1.50 bits per heavy atom. The lowest BCUT2D eigenvalue weighted by Crippen LogP contribution is -2.23. The molecule has 2 aromatic heterocycles. The summed E-state index contributed by atoms with van der Waals surface area (Å²) in [6.45, 7) is 2.78. The van der Waals surface area contributed by atoms with E-state index in [1.807, 2.05) is 6.92 Å². The van der Waals surface area contributed by atoms with Crippen LogP contribution in [0.4, 0.5) is 16.0 Å². The van der Waals surface area contributed by atoms with Crippen molar-refractivity contribution >= 4 is 27.9 Å². The molecule has 8 heteroatoms. The van der Waals surface area contributed by atoms with Gasteiger partial charge >= 0.3 is 5.82 Å². The van der Waals surface area contributed by atoms with Crippen molar-refractivity contribution in [2.75, 3.05) is 11.4 Å². The summed E-state index contributed by atoms with van der Waals surface area (Å²) in [4.78, 5) is 17.6. The van der Waals surface area contributed by atoms with E-state index in [9.17, 15) is 14.5 Å². The van der Waals surface area contributed by atoms with Gasteiger partial charge in [-0.3, -0.25) is 0 Å². The predicted molar refractivity (Wildman–Crippen MR) is 82.8 cm³/mol. The Morgan fingerprint density at radius 2 is 2.32 bits per heavy atom. The van der Waals surface area contributed by atoms with Gasteiger partial charge in [0.2, 0.25) is 5.82 Å². The first-order chi connectivity index (χ1) is 10.6. The number of benzene rings is 1. The third kappa shape index (κ3) is 2.52. The smallest absolute Gasteiger partial charge is 0.358 e. The van der Waals surface area contributed by atoms with Gasteiger partial charge in [-0.2, -0.15) is 9.38 Å². The SMILES string of the molecule is CCN(Cc1cccc(F)c1)c1nc2sccn2c1[N+](=O)[O-]. The number of anilines is 1. The predicted octanol–water partition coefficient (Wildman–Crippen LogP) is 3.47. The summed E-state index contributed by atoms with van der Waals surface area (Å²) in [6.07, 6.45) is 1.63. The second kappa shape index (κ2) is 5.72. The lowest BCUT2D eigenvalue weighted by Gasteiger charge is -2.20. The molecule has 0 aliphatic rings. The minimum absolute atomic E-state index is 0.0606. The maximum absolute atomic E-state index is 13.3. The van der Waals surface area contributed by atoms with Crippen LogP contribution in [0.1, 0.15) is 12.5 Å². The van der Waals surface area contributed by atoms with Crippen LogP contribution in [0.15, 0.2) is 35.8 Å². The first-order valence-electron chi connectivity index (χ1n) is 6.69. The van der Waals surface area contributed by atoms with E-state index < -0.39 is 4.92 Å². The summed E-state index contributed by atoms with van der Waals surface area (Å²) >= 11 is 1.34. The highest BCUT2D eigenvalue weighted by Gasteiger charge is 2.27. The van der Waals surface area contributed by atoms with Crippen LogP contribution in [-0.2, 0) is 6.54 Å². The molecule has 0 saturated heterocycles. The van der Waals surface area contributed by atoms with Crippen LogP contribution in [0.3, 0.4) is 0 Å². The molecule has 3 rings (SSSR count). The van der Waals surface area contributed by atoms with E-state index in [2.05, 4.69) is 4.98 Å². The fraction of sp³-hybridized carbons (Fsp3) is 0.214. The van der Waals surface area contributed by atoms with Crippen LogP contribution in [0, 0.1) is 15.9 Å². The van der Waals surface area contributed by atoms with Crippen molar-refractivity contribution in [2.24, 2.45) is 0 Å². The number of thiazole rings is 1. The molecule has 0 amide bonds. The molecular formula is C14H13FN4O2S. The Labute approximate surface area is 129 Å². The lowest BCUT2D eigenvalue weighted by atomic mass is 10.2. The Hall–Kier alpha value is -2.48. The van der Waals surface area contributed by atoms with Gasteiger partial charge in [-0.25, -0.2) is 4.39 Å². The maximum Gasteiger partial charge on any atom is 0.373 e. The van der Waals surface area contributed by atoms with Crippen LogP contribution in [0.2, 0.25) is 0 Å². The van der Waals surface area contributed by atoms with Crippen molar-refractivity contribution in [1.29, 1.82) is 0 Å². The molecule has 0 N–H and O–H groups in total. The maximum atomic E-state index is 13.3. The number of rotatable bonds is 5. The van der Waals surface area contributed by atoms with E-state index >= 15 is 0 Å². The van der Waals surface area contributed by atoms with Gasteiger partial charge in [0.05, 0.1) is 0 Å². The van der Waals surface area contributed by atoms with Crippen LogP contribution in [-0.4, -0.2) is 20.9 Å². The monoisotopic (exact) mass is 320 g/mol. The molecule has 22 heavy (non-hydrogen) atoms. The molecule has 0 aliphatic carbocycles. The van der Waals surface area contributed by atoms with E-state index in [0.717, 1.165) is 5.56 Å². The highest BCUT2D eigenvalue weighted by atomic mass is 32.1. The molecule has 0 bridgehead atoms. The third-order valence-electron chi connectivity index (χ3n) is 3.34. The number of hydrogen-bond acceptors (Lipinski definition) is 5. The van der Waals surface area contributed by atoms with Gasteiger partial charge < -0.3 is 15.0 Å². The quantitative estimate of drug-likeness (QED) is 0.533. The van der Waals surface area contributed by atoms with Crippen molar-refractivity contribution in [3.05, 3.63) is 57.3 Å². The zero-order chi connectivity index (χ0) is 15.7. The van der Waals surface area contributed by atoms with Gasteiger partial charge in [0.1, 0.15) is 12.0 Å². The average Bonchev–Trinajstić information content (AvgIpc) is 3.04. The van der Waals surface area contributed by atoms with Gasteiger partial charge in [0.25, 0.3) is 4.96 Å². The molecule has 0 radical (unpaired) electrons. The topological polar surface area (TPSA) is 63.7 Å². The zero-order valence-electron chi connectivity index (χ0n) is 11.8. The van der Waals surface area contributed by atoms with Gasteiger partial charge in [-0.15, -0.1) is 0 Å². The van der Waals surface area contributed by atoms with Crippen LogP contribution < -0.4 is 4.90 Å². The average molecular weight is 320 g/mol. The molecule has 0 spiro atoms. The van der Waals surface area contributed by atoms with Crippen LogP contribution in [0.5, 0.6) is 0 Å². The number of nitrogens with zero attached hydrogens (tertiary/aromatic N) is 4. The fourth-order valence-corrected chi connectivity index (χ4v) is 3.04. The Kier molecular flexibility index (Phi) is 3.76. The minimum atomic E-state index is -0.434.